The lowest BCUT2D eigenvalue weighted by Crippen LogP contribution is -2.32. The molecule has 186 valence electrons. The third-order valence-corrected chi connectivity index (χ3v) is 6.41. The van der Waals surface area contributed by atoms with E-state index in [-0.39, 0.29) is 18.3 Å². The minimum atomic E-state index is -0.641. The molecule has 9 heteroatoms. The molecule has 0 fully saturated rings. The molecule has 3 rings (SSSR count). The molecule has 2 aromatic carbocycles. The van der Waals surface area contributed by atoms with E-state index in [1.54, 1.807) is 26.4 Å². The number of carbonyl (C=O) groups is 1. The van der Waals surface area contributed by atoms with Crippen molar-refractivity contribution >= 4 is 28.5 Å². The first-order chi connectivity index (χ1) is 16.5. The molecule has 0 aliphatic carbocycles. The fourth-order valence-corrected chi connectivity index (χ4v) is 4.66. The van der Waals surface area contributed by atoms with Gasteiger partial charge in [-0.25, -0.2) is 4.39 Å². The maximum absolute atomic E-state index is 12.8. The van der Waals surface area contributed by atoms with Gasteiger partial charge in [0.1, 0.15) is 13.3 Å². The summed E-state index contributed by atoms with van der Waals surface area (Å²) in [6.07, 6.45) is 2.79. The standard InChI is InChI=1S/C25H32FIN2O5/c1-31-21-12-17-6-10-29(16-18(17)13-22(21)32-2)9-5-4-8-28-25(30)20-14-19(27)15-23(33-3)24(20)34-11-7-26/h12-15H,4-11,16H2,1-3H3,(H,28,30)/i27-2. The number of ether oxygens (including phenoxy) is 4. The monoisotopic (exact) mass is 584 g/mol. The molecule has 0 radical (unpaired) electrons. The second kappa shape index (κ2) is 13.0. The van der Waals surface area contributed by atoms with Crippen LogP contribution in [0.15, 0.2) is 24.3 Å². The Bertz CT molecular complexity index is 988. The molecule has 0 saturated heterocycles. The van der Waals surface area contributed by atoms with Gasteiger partial charge in [-0.15, -0.1) is 0 Å². The van der Waals surface area contributed by atoms with Crippen molar-refractivity contribution in [2.45, 2.75) is 25.8 Å². The zero-order valence-electron chi connectivity index (χ0n) is 19.9. The van der Waals surface area contributed by atoms with Gasteiger partial charge in [-0.1, -0.05) is 0 Å². The van der Waals surface area contributed by atoms with Crippen molar-refractivity contribution in [3.63, 3.8) is 0 Å². The molecular formula is C25H32FIN2O5. The van der Waals surface area contributed by atoms with Crippen LogP contribution < -0.4 is 24.3 Å². The zero-order chi connectivity index (χ0) is 24.5. The number of carbonyl (C=O) groups excluding carboxylic acids is 1. The fourth-order valence-electron chi connectivity index (χ4n) is 4.07. The highest BCUT2D eigenvalue weighted by atomic mass is 125. The molecule has 0 aromatic heterocycles. The molecule has 1 aliphatic heterocycles. The first-order valence-corrected chi connectivity index (χ1v) is 12.4. The molecule has 2 aromatic rings. The van der Waals surface area contributed by atoms with Crippen molar-refractivity contribution in [2.75, 3.05) is 54.2 Å². The summed E-state index contributed by atoms with van der Waals surface area (Å²) >= 11 is 2.12. The molecule has 1 aliphatic rings. The van der Waals surface area contributed by atoms with Crippen LogP contribution in [0, 0.1) is 3.57 Å². The Morgan fingerprint density at radius 1 is 1.03 bits per heavy atom. The quantitative estimate of drug-likeness (QED) is 0.298. The van der Waals surface area contributed by atoms with E-state index >= 15 is 0 Å². The second-order valence-corrected chi connectivity index (χ2v) is 9.23. The largest absolute Gasteiger partial charge is 0.493 e. The predicted octanol–water partition coefficient (Wildman–Crippen LogP) is 4.23. The highest BCUT2D eigenvalue weighted by Crippen LogP contribution is 2.34. The lowest BCUT2D eigenvalue weighted by molar-refractivity contribution is 0.0947. The number of unbranched alkanes of at least 4 members (excludes halogenated alkanes) is 1. The van der Waals surface area contributed by atoms with Gasteiger partial charge in [0.15, 0.2) is 23.0 Å². The normalized spacial score (nSPS) is 13.2. The first-order valence-electron chi connectivity index (χ1n) is 11.3. The van der Waals surface area contributed by atoms with Gasteiger partial charge in [-0.3, -0.25) is 9.69 Å². The van der Waals surface area contributed by atoms with E-state index in [9.17, 15) is 9.18 Å². The number of nitrogens with zero attached hydrogens (tertiary/aromatic N) is 1. The van der Waals surface area contributed by atoms with E-state index < -0.39 is 6.67 Å². The topological polar surface area (TPSA) is 69.3 Å². The van der Waals surface area contributed by atoms with Crippen LogP contribution in [0.4, 0.5) is 4.39 Å². The Morgan fingerprint density at radius 2 is 1.74 bits per heavy atom. The van der Waals surface area contributed by atoms with Crippen LogP contribution in [0.1, 0.15) is 34.3 Å². The maximum atomic E-state index is 12.8. The fraction of sp³-hybridized carbons (Fsp3) is 0.480. The minimum absolute atomic E-state index is 0.130. The molecule has 7 nitrogen and oxygen atoms in total. The van der Waals surface area contributed by atoms with E-state index in [0.717, 1.165) is 54.0 Å². The van der Waals surface area contributed by atoms with Gasteiger partial charge in [0.05, 0.1) is 26.9 Å². The van der Waals surface area contributed by atoms with Crippen molar-refractivity contribution in [1.29, 1.82) is 0 Å². The predicted molar refractivity (Wildman–Crippen MR) is 137 cm³/mol. The Kier molecular flexibility index (Phi) is 10.1. The van der Waals surface area contributed by atoms with Gasteiger partial charge < -0.3 is 24.3 Å². The SMILES string of the molecule is COc1cc2c(cc1OC)CN(CCCCNC(=O)c1cc([125I])cc(OC)c1OCCF)CC2. The summed E-state index contributed by atoms with van der Waals surface area (Å²) in [6.45, 7) is 2.59. The van der Waals surface area contributed by atoms with E-state index in [1.165, 1.54) is 18.2 Å². The Morgan fingerprint density at radius 3 is 2.41 bits per heavy atom. The molecule has 0 unspecified atom stereocenters. The van der Waals surface area contributed by atoms with Gasteiger partial charge in [0.25, 0.3) is 5.91 Å². The lowest BCUT2D eigenvalue weighted by Gasteiger charge is -2.29. The number of hydrogen-bond acceptors (Lipinski definition) is 6. The third kappa shape index (κ3) is 6.65. The summed E-state index contributed by atoms with van der Waals surface area (Å²) in [5.74, 6) is 1.98. The lowest BCUT2D eigenvalue weighted by atomic mass is 9.98. The van der Waals surface area contributed by atoms with E-state index in [2.05, 4.69) is 44.9 Å². The van der Waals surface area contributed by atoms with Gasteiger partial charge in [-0.2, -0.15) is 0 Å². The van der Waals surface area contributed by atoms with Crippen LogP contribution in [0.3, 0.4) is 0 Å². The number of benzene rings is 2. The Labute approximate surface area is 214 Å². The minimum Gasteiger partial charge on any atom is -0.493 e. The summed E-state index contributed by atoms with van der Waals surface area (Å²) < 4.78 is 35.1. The summed E-state index contributed by atoms with van der Waals surface area (Å²) in [5, 5.41) is 2.95. The number of methoxy groups -OCH3 is 3. The maximum Gasteiger partial charge on any atom is 0.255 e. The van der Waals surface area contributed by atoms with Crippen molar-refractivity contribution < 1.29 is 28.1 Å². The van der Waals surface area contributed by atoms with Crippen molar-refractivity contribution in [3.8, 4) is 23.0 Å². The molecule has 1 amide bonds. The number of nitrogens with one attached hydrogen (secondary N) is 1. The molecule has 34 heavy (non-hydrogen) atoms. The number of rotatable bonds is 12. The number of halogens is 2. The highest BCUT2D eigenvalue weighted by Gasteiger charge is 2.20. The molecule has 0 atom stereocenters. The van der Waals surface area contributed by atoms with Crippen LogP contribution in [0.2, 0.25) is 0 Å². The summed E-state index contributed by atoms with van der Waals surface area (Å²) in [7, 11) is 4.81. The van der Waals surface area contributed by atoms with E-state index in [1.807, 2.05) is 0 Å². The van der Waals surface area contributed by atoms with Crippen LogP contribution in [-0.4, -0.2) is 65.1 Å². The van der Waals surface area contributed by atoms with Gasteiger partial charge in [0, 0.05) is 23.2 Å². The van der Waals surface area contributed by atoms with Gasteiger partial charge >= 0.3 is 0 Å². The second-order valence-electron chi connectivity index (χ2n) is 7.99. The Balaban J connectivity index is 1.49. The van der Waals surface area contributed by atoms with Crippen molar-refractivity contribution in [1.82, 2.24) is 10.2 Å². The average molecular weight is 584 g/mol. The molecule has 1 heterocycles. The van der Waals surface area contributed by atoms with Crippen LogP contribution in [0.25, 0.3) is 0 Å². The van der Waals surface area contributed by atoms with Gasteiger partial charge in [0.2, 0.25) is 0 Å². The van der Waals surface area contributed by atoms with Gasteiger partial charge in [-0.05, 0) is 83.8 Å². The number of hydrogen-bond donors (Lipinski definition) is 1. The average Bonchev–Trinajstić information content (AvgIpc) is 2.85. The van der Waals surface area contributed by atoms with Crippen LogP contribution in [-0.2, 0) is 13.0 Å². The molecule has 1 N–H and O–H groups in total. The molecule has 0 bridgehead atoms. The number of amides is 1. The van der Waals surface area contributed by atoms with E-state index in [0.29, 0.717) is 17.9 Å². The molecular weight excluding hydrogens is 552 g/mol. The zero-order valence-corrected chi connectivity index (χ0v) is 22.1. The molecule has 0 saturated carbocycles. The first kappa shape index (κ1) is 26.3. The van der Waals surface area contributed by atoms with Crippen LogP contribution in [0.5, 0.6) is 23.0 Å². The smallest absolute Gasteiger partial charge is 0.255 e. The van der Waals surface area contributed by atoms with Crippen LogP contribution >= 0.6 is 22.6 Å². The number of fused-ring (bicyclic) bond motifs is 1. The Hall–Kier alpha value is -2.27. The van der Waals surface area contributed by atoms with Crippen molar-refractivity contribution in [3.05, 3.63) is 44.5 Å². The molecule has 0 spiro atoms. The summed E-state index contributed by atoms with van der Waals surface area (Å²) in [6, 6.07) is 7.62. The number of alkyl halides is 1. The third-order valence-electron chi connectivity index (χ3n) is 5.79. The summed E-state index contributed by atoms with van der Waals surface area (Å²) in [4.78, 5) is 15.2. The van der Waals surface area contributed by atoms with E-state index in [4.69, 9.17) is 18.9 Å². The van der Waals surface area contributed by atoms with Crippen molar-refractivity contribution in [2.24, 2.45) is 0 Å². The highest BCUT2D eigenvalue weighted by molar-refractivity contribution is 14.1. The summed E-state index contributed by atoms with van der Waals surface area (Å²) in [5.41, 5.74) is 2.93.